The zero-order valence-electron chi connectivity index (χ0n) is 8.25. The molecule has 0 fully saturated rings. The Balaban J connectivity index is -0.000000107. The average Bonchev–Trinajstić information content (AvgIpc) is 1.63. The molecular weight excluding hydrogens is 161 g/mol. The SMILES string of the molecule is CCCCO[Si]([O-])([O-])[O-].[Li+].[Li+].[Li+]. The summed E-state index contributed by atoms with van der Waals surface area (Å²) in [5.41, 5.74) is 0. The molecule has 0 saturated heterocycles. The van der Waals surface area contributed by atoms with Crippen molar-refractivity contribution in [2.75, 3.05) is 6.61 Å². The average molecular weight is 170 g/mol. The molecule has 0 heterocycles. The minimum absolute atomic E-state index is 0. The molecule has 0 aliphatic carbocycles. The Morgan fingerprint density at radius 2 is 1.50 bits per heavy atom. The second kappa shape index (κ2) is 12.8. The molecule has 0 unspecified atom stereocenters. The predicted octanol–water partition coefficient (Wildman–Crippen LogP) is -11.7. The molecule has 0 N–H and O–H groups in total. The predicted molar refractivity (Wildman–Crippen MR) is 26.6 cm³/mol. The van der Waals surface area contributed by atoms with Crippen molar-refractivity contribution in [3.8, 4) is 0 Å². The summed E-state index contributed by atoms with van der Waals surface area (Å²) >= 11 is 0. The van der Waals surface area contributed by atoms with E-state index in [9.17, 15) is 14.4 Å². The van der Waals surface area contributed by atoms with Gasteiger partial charge < -0.3 is 18.8 Å². The number of rotatable bonds is 4. The Morgan fingerprint density at radius 3 is 1.75 bits per heavy atom. The van der Waals surface area contributed by atoms with Gasteiger partial charge in [0.1, 0.15) is 0 Å². The van der Waals surface area contributed by atoms with Crippen LogP contribution in [0.4, 0.5) is 0 Å². The van der Waals surface area contributed by atoms with Gasteiger partial charge in [-0.3, -0.25) is 0 Å². The molecule has 0 saturated carbocycles. The molecule has 0 aliphatic heterocycles. The second-order valence-corrected chi connectivity index (χ2v) is 2.99. The van der Waals surface area contributed by atoms with E-state index in [2.05, 4.69) is 4.43 Å². The van der Waals surface area contributed by atoms with Crippen LogP contribution < -0.4 is 71.0 Å². The third-order valence-corrected chi connectivity index (χ3v) is 1.33. The van der Waals surface area contributed by atoms with Gasteiger partial charge in [0.2, 0.25) is 0 Å². The van der Waals surface area contributed by atoms with Crippen LogP contribution >= 0.6 is 0 Å². The van der Waals surface area contributed by atoms with Crippen molar-refractivity contribution < 1.29 is 75.4 Å². The van der Waals surface area contributed by atoms with Crippen LogP contribution in [-0.2, 0) is 4.43 Å². The molecule has 0 amide bonds. The van der Waals surface area contributed by atoms with Crippen LogP contribution in [0.3, 0.4) is 0 Å². The zero-order chi connectivity index (χ0) is 7.33. The van der Waals surface area contributed by atoms with Crippen LogP contribution in [0, 0.1) is 0 Å². The van der Waals surface area contributed by atoms with Gasteiger partial charge >= 0.3 is 56.6 Å². The second-order valence-electron chi connectivity index (χ2n) is 1.70. The minimum Gasteiger partial charge on any atom is -0.861 e. The van der Waals surface area contributed by atoms with Crippen LogP contribution in [0.15, 0.2) is 0 Å². The van der Waals surface area contributed by atoms with Gasteiger partial charge in [-0.2, -0.15) is 0 Å². The van der Waals surface area contributed by atoms with E-state index in [-0.39, 0.29) is 63.2 Å². The van der Waals surface area contributed by atoms with Gasteiger partial charge in [-0.05, 0) is 6.42 Å². The summed E-state index contributed by atoms with van der Waals surface area (Å²) in [4.78, 5) is 29.4. The number of hydrogen-bond donors (Lipinski definition) is 0. The molecule has 56 valence electrons. The quantitative estimate of drug-likeness (QED) is 0.310. The summed E-state index contributed by atoms with van der Waals surface area (Å²) in [6, 6.07) is 0. The Bertz CT molecular complexity index is 79.2. The van der Waals surface area contributed by atoms with E-state index in [0.717, 1.165) is 6.42 Å². The molecule has 0 radical (unpaired) electrons. The summed E-state index contributed by atoms with van der Waals surface area (Å²) in [5, 5.41) is 0. The van der Waals surface area contributed by atoms with Crippen molar-refractivity contribution in [1.82, 2.24) is 0 Å². The van der Waals surface area contributed by atoms with Gasteiger partial charge in [-0.1, -0.05) is 13.3 Å². The van der Waals surface area contributed by atoms with Crippen molar-refractivity contribution in [1.29, 1.82) is 0 Å². The monoisotopic (exact) mass is 170 g/mol. The van der Waals surface area contributed by atoms with Crippen LogP contribution in [-0.4, -0.2) is 15.7 Å². The zero-order valence-corrected chi connectivity index (χ0v) is 9.25. The van der Waals surface area contributed by atoms with Gasteiger partial charge in [-0.15, -0.1) is 9.05 Å². The third-order valence-electron chi connectivity index (χ3n) is 0.777. The molecule has 0 bridgehead atoms. The summed E-state index contributed by atoms with van der Waals surface area (Å²) in [5.74, 6) is 0. The molecule has 0 rings (SSSR count). The fourth-order valence-electron chi connectivity index (χ4n) is 0.342. The van der Waals surface area contributed by atoms with Crippen LogP contribution in [0.5, 0.6) is 0 Å². The van der Waals surface area contributed by atoms with Gasteiger partial charge in [0.15, 0.2) is 0 Å². The van der Waals surface area contributed by atoms with E-state index in [0.29, 0.717) is 6.42 Å². The molecule has 4 nitrogen and oxygen atoms in total. The Morgan fingerprint density at radius 1 is 1.08 bits per heavy atom. The van der Waals surface area contributed by atoms with Gasteiger partial charge in [0.05, 0.1) is 0 Å². The molecule has 0 aliphatic rings. The summed E-state index contributed by atoms with van der Waals surface area (Å²) < 4.78 is 3.94. The maximum atomic E-state index is 9.78. The number of hydrogen-bond acceptors (Lipinski definition) is 4. The fraction of sp³-hybridized carbons (Fsp3) is 1.00. The molecule has 0 aromatic rings. The smallest absolute Gasteiger partial charge is 0.861 e. The van der Waals surface area contributed by atoms with Gasteiger partial charge in [0, 0.05) is 6.61 Å². The minimum atomic E-state index is -4.94. The summed E-state index contributed by atoms with van der Waals surface area (Å²) in [7, 11) is -4.94. The van der Waals surface area contributed by atoms with Gasteiger partial charge in [-0.25, -0.2) is 0 Å². The van der Waals surface area contributed by atoms with Crippen molar-refractivity contribution in [3.05, 3.63) is 0 Å². The van der Waals surface area contributed by atoms with Crippen molar-refractivity contribution in [3.63, 3.8) is 0 Å². The van der Waals surface area contributed by atoms with E-state index < -0.39 is 9.05 Å². The van der Waals surface area contributed by atoms with Crippen LogP contribution in [0.25, 0.3) is 0 Å². The molecular formula is C4H9Li3O4Si. The van der Waals surface area contributed by atoms with Crippen molar-refractivity contribution in [2.24, 2.45) is 0 Å². The molecule has 0 atom stereocenters. The molecule has 0 aromatic heterocycles. The maximum Gasteiger partial charge on any atom is 1.00 e. The summed E-state index contributed by atoms with van der Waals surface area (Å²) in [6.45, 7) is 1.91. The molecule has 0 aromatic carbocycles. The van der Waals surface area contributed by atoms with Crippen LogP contribution in [0.2, 0.25) is 0 Å². The Kier molecular flexibility index (Phi) is 25.2. The standard InChI is InChI=1S/C4H9O4Si.3Li/c1-2-3-4-8-9(5,6)7;;;/h2-4H2,1H3;;;/q-3;3*+1. The molecule has 8 heteroatoms. The van der Waals surface area contributed by atoms with E-state index >= 15 is 0 Å². The van der Waals surface area contributed by atoms with Crippen LogP contribution in [0.1, 0.15) is 19.8 Å². The van der Waals surface area contributed by atoms with E-state index in [1.165, 1.54) is 0 Å². The first kappa shape index (κ1) is 23.6. The van der Waals surface area contributed by atoms with E-state index in [4.69, 9.17) is 0 Å². The Labute approximate surface area is 110 Å². The van der Waals surface area contributed by atoms with E-state index in [1.807, 2.05) is 6.92 Å². The Hall–Kier alpha value is 1.85. The molecule has 12 heavy (non-hydrogen) atoms. The van der Waals surface area contributed by atoms with E-state index in [1.54, 1.807) is 0 Å². The maximum absolute atomic E-state index is 9.78. The third kappa shape index (κ3) is 22.6. The first-order chi connectivity index (χ1) is 4.06. The first-order valence-electron chi connectivity index (χ1n) is 2.81. The number of unbranched alkanes of at least 4 members (excludes halogenated alkanes) is 1. The molecule has 0 spiro atoms. The fourth-order valence-corrected chi connectivity index (χ4v) is 0.736. The normalized spacial score (nSPS) is 9.00. The van der Waals surface area contributed by atoms with Crippen molar-refractivity contribution in [2.45, 2.75) is 19.8 Å². The van der Waals surface area contributed by atoms with Crippen molar-refractivity contribution >= 4 is 9.05 Å². The first-order valence-corrected chi connectivity index (χ1v) is 4.45. The topological polar surface area (TPSA) is 78.4 Å². The van der Waals surface area contributed by atoms with Gasteiger partial charge in [0.25, 0.3) is 0 Å². The largest absolute Gasteiger partial charge is 1.00 e. The summed E-state index contributed by atoms with van der Waals surface area (Å²) in [6.07, 6.45) is 1.44.